The first kappa shape index (κ1) is 8.95. The molecule has 0 saturated carbocycles. The largest absolute Gasteiger partial charge is 0.327 e. The fourth-order valence-electron chi connectivity index (χ4n) is 0.477. The zero-order valence-electron chi connectivity index (χ0n) is 4.50. The van der Waals surface area contributed by atoms with Gasteiger partial charge in [0.1, 0.15) is 0 Å². The molecule has 1 saturated heterocycles. The molecule has 2 N–H and O–H groups in total. The zero-order chi connectivity index (χ0) is 5.11. The molecule has 4 heteroatoms. The Morgan fingerprint density at radius 3 is 2.38 bits per heavy atom. The van der Waals surface area contributed by atoms with Gasteiger partial charge in [0.15, 0.2) is 0 Å². The van der Waals surface area contributed by atoms with Crippen molar-refractivity contribution in [2.75, 3.05) is 11.5 Å². The van der Waals surface area contributed by atoms with Crippen molar-refractivity contribution in [3.8, 4) is 0 Å². The van der Waals surface area contributed by atoms with Crippen LogP contribution in [-0.2, 0) is 0 Å². The lowest BCUT2D eigenvalue weighted by Crippen LogP contribution is -2.25. The highest BCUT2D eigenvalue weighted by molar-refractivity contribution is 8.76. The molecule has 1 nitrogen and oxygen atoms in total. The van der Waals surface area contributed by atoms with E-state index in [0.29, 0.717) is 6.04 Å². The van der Waals surface area contributed by atoms with Crippen molar-refractivity contribution in [2.24, 2.45) is 5.73 Å². The smallest absolute Gasteiger partial charge is 0.0189 e. The zero-order valence-corrected chi connectivity index (χ0v) is 6.95. The molecular formula is C4H10ClNS2. The van der Waals surface area contributed by atoms with Crippen molar-refractivity contribution in [3.63, 3.8) is 0 Å². The molecule has 1 aliphatic heterocycles. The highest BCUT2D eigenvalue weighted by Crippen LogP contribution is 2.27. The molecule has 1 unspecified atom stereocenters. The first-order valence-corrected chi connectivity index (χ1v) is 4.88. The van der Waals surface area contributed by atoms with Crippen molar-refractivity contribution in [2.45, 2.75) is 12.5 Å². The van der Waals surface area contributed by atoms with Gasteiger partial charge in [-0.05, 0) is 6.42 Å². The number of hydrogen-bond acceptors (Lipinski definition) is 3. The maximum Gasteiger partial charge on any atom is 0.0189 e. The molecule has 0 bridgehead atoms. The Bertz CT molecular complexity index is 56.0. The van der Waals surface area contributed by atoms with Gasteiger partial charge in [0.25, 0.3) is 0 Å². The normalized spacial score (nSPS) is 28.9. The van der Waals surface area contributed by atoms with Crippen molar-refractivity contribution < 1.29 is 0 Å². The average molecular weight is 172 g/mol. The predicted molar refractivity (Wildman–Crippen MR) is 44.8 cm³/mol. The summed E-state index contributed by atoms with van der Waals surface area (Å²) in [5, 5.41) is 0. The molecule has 50 valence electrons. The summed E-state index contributed by atoms with van der Waals surface area (Å²) in [7, 11) is 3.83. The van der Waals surface area contributed by atoms with E-state index < -0.39 is 0 Å². The van der Waals surface area contributed by atoms with Crippen LogP contribution < -0.4 is 5.73 Å². The Labute approximate surface area is 64.0 Å². The molecule has 1 aliphatic rings. The second-order valence-corrected chi connectivity index (χ2v) is 4.28. The molecule has 1 heterocycles. The molecule has 1 fully saturated rings. The van der Waals surface area contributed by atoms with E-state index in [1.54, 1.807) is 0 Å². The number of nitrogens with two attached hydrogens (primary N) is 1. The molecule has 0 aliphatic carbocycles. The third-order valence-corrected chi connectivity index (χ3v) is 3.48. The molecule has 1 atom stereocenters. The lowest BCUT2D eigenvalue weighted by Gasteiger charge is -2.14. The van der Waals surface area contributed by atoms with Crippen LogP contribution >= 0.6 is 34.0 Å². The van der Waals surface area contributed by atoms with Gasteiger partial charge in [0.05, 0.1) is 0 Å². The molecule has 0 aromatic heterocycles. The van der Waals surface area contributed by atoms with Crippen molar-refractivity contribution in [1.29, 1.82) is 0 Å². The third-order valence-electron chi connectivity index (χ3n) is 0.937. The van der Waals surface area contributed by atoms with E-state index in [0.717, 1.165) is 5.75 Å². The quantitative estimate of drug-likeness (QED) is 0.560. The van der Waals surface area contributed by atoms with E-state index in [9.17, 15) is 0 Å². The van der Waals surface area contributed by atoms with Gasteiger partial charge in [-0.1, -0.05) is 21.6 Å². The fourth-order valence-corrected chi connectivity index (χ4v) is 2.89. The summed E-state index contributed by atoms with van der Waals surface area (Å²) in [6, 6.07) is 0.478. The monoisotopic (exact) mass is 171 g/mol. The lowest BCUT2D eigenvalue weighted by atomic mass is 10.3. The minimum absolute atomic E-state index is 0. The van der Waals surface area contributed by atoms with Crippen LogP contribution in [0.25, 0.3) is 0 Å². The summed E-state index contributed by atoms with van der Waals surface area (Å²) in [5.74, 6) is 2.39. The van der Waals surface area contributed by atoms with Gasteiger partial charge in [-0.2, -0.15) is 0 Å². The summed E-state index contributed by atoms with van der Waals surface area (Å²) in [4.78, 5) is 0. The minimum atomic E-state index is 0. The van der Waals surface area contributed by atoms with Crippen LogP contribution in [0.5, 0.6) is 0 Å². The summed E-state index contributed by atoms with van der Waals surface area (Å²) >= 11 is 0. The molecule has 0 radical (unpaired) electrons. The third kappa shape index (κ3) is 3.07. The first-order valence-electron chi connectivity index (χ1n) is 2.39. The summed E-state index contributed by atoms with van der Waals surface area (Å²) in [6.07, 6.45) is 1.21. The van der Waals surface area contributed by atoms with Gasteiger partial charge in [-0.3, -0.25) is 0 Å². The van der Waals surface area contributed by atoms with Crippen molar-refractivity contribution >= 4 is 34.0 Å². The molecule has 0 amide bonds. The molecule has 0 aromatic rings. The Kier molecular flexibility index (Phi) is 5.36. The summed E-state index contributed by atoms with van der Waals surface area (Å²) in [6.45, 7) is 0. The van der Waals surface area contributed by atoms with E-state index in [1.165, 1.54) is 12.2 Å². The minimum Gasteiger partial charge on any atom is -0.327 e. The molecule has 8 heavy (non-hydrogen) atoms. The topological polar surface area (TPSA) is 26.0 Å². The second kappa shape index (κ2) is 4.79. The van der Waals surface area contributed by atoms with Gasteiger partial charge >= 0.3 is 0 Å². The van der Waals surface area contributed by atoms with Gasteiger partial charge in [0, 0.05) is 17.5 Å². The van der Waals surface area contributed by atoms with Crippen LogP contribution in [0.1, 0.15) is 6.42 Å². The van der Waals surface area contributed by atoms with E-state index in [4.69, 9.17) is 5.73 Å². The summed E-state index contributed by atoms with van der Waals surface area (Å²) in [5.41, 5.74) is 5.60. The highest BCUT2D eigenvalue weighted by Gasteiger charge is 2.07. The first-order chi connectivity index (χ1) is 3.39. The maximum absolute atomic E-state index is 5.60. The van der Waals surface area contributed by atoms with E-state index in [-0.39, 0.29) is 12.4 Å². The molecule has 0 aromatic carbocycles. The van der Waals surface area contributed by atoms with Gasteiger partial charge in [0.2, 0.25) is 0 Å². The van der Waals surface area contributed by atoms with Crippen LogP contribution in [0, 0.1) is 0 Å². The van der Waals surface area contributed by atoms with Crippen molar-refractivity contribution in [3.05, 3.63) is 0 Å². The van der Waals surface area contributed by atoms with Gasteiger partial charge < -0.3 is 5.73 Å². The van der Waals surface area contributed by atoms with Gasteiger partial charge in [-0.25, -0.2) is 0 Å². The second-order valence-electron chi connectivity index (χ2n) is 1.66. The van der Waals surface area contributed by atoms with Gasteiger partial charge in [-0.15, -0.1) is 12.4 Å². The van der Waals surface area contributed by atoms with E-state index >= 15 is 0 Å². The van der Waals surface area contributed by atoms with Crippen molar-refractivity contribution in [1.82, 2.24) is 0 Å². The Balaban J connectivity index is 0.000000490. The van der Waals surface area contributed by atoms with Crippen LogP contribution in [0.2, 0.25) is 0 Å². The van der Waals surface area contributed by atoms with E-state index in [1.807, 2.05) is 21.6 Å². The van der Waals surface area contributed by atoms with Crippen LogP contribution in [-0.4, -0.2) is 17.5 Å². The highest BCUT2D eigenvalue weighted by atomic mass is 35.5. The summed E-state index contributed by atoms with van der Waals surface area (Å²) < 4.78 is 0. The molecular weight excluding hydrogens is 162 g/mol. The Hall–Kier alpha value is 0.950. The fraction of sp³-hybridized carbons (Fsp3) is 1.00. The Morgan fingerprint density at radius 1 is 1.38 bits per heavy atom. The molecule has 0 spiro atoms. The molecule has 1 rings (SSSR count). The van der Waals surface area contributed by atoms with Crippen LogP contribution in [0.15, 0.2) is 0 Å². The number of rotatable bonds is 0. The van der Waals surface area contributed by atoms with Crippen LogP contribution in [0.3, 0.4) is 0 Å². The maximum atomic E-state index is 5.60. The average Bonchev–Trinajstić information content (AvgIpc) is 1.69. The number of halogens is 1. The Morgan fingerprint density at radius 2 is 2.12 bits per heavy atom. The SMILES string of the molecule is Cl.NC1CCSSC1. The van der Waals surface area contributed by atoms with E-state index in [2.05, 4.69) is 0 Å². The number of hydrogen-bond donors (Lipinski definition) is 1. The standard InChI is InChI=1S/C4H9NS2.ClH/c5-4-1-2-6-7-3-4;/h4H,1-3,5H2;1H. The lowest BCUT2D eigenvalue weighted by molar-refractivity contribution is 0.730. The van der Waals surface area contributed by atoms with Crippen LogP contribution in [0.4, 0.5) is 0 Å². The predicted octanol–water partition coefficient (Wildman–Crippen LogP) is 1.52.